The summed E-state index contributed by atoms with van der Waals surface area (Å²) in [4.78, 5) is 0. The van der Waals surface area contributed by atoms with Crippen LogP contribution in [0.25, 0.3) is 0 Å². The van der Waals surface area contributed by atoms with E-state index in [4.69, 9.17) is 0 Å². The van der Waals surface area contributed by atoms with Gasteiger partial charge in [-0.15, -0.1) is 39.5 Å². The van der Waals surface area contributed by atoms with E-state index in [-0.39, 0.29) is 71.9 Å². The van der Waals surface area contributed by atoms with Crippen molar-refractivity contribution < 1.29 is 53.7 Å². The fraction of sp³-hybridized carbons (Fsp3) is 0.538. The summed E-state index contributed by atoms with van der Waals surface area (Å²) in [6.07, 6.45) is -2.40. The molecule has 0 aromatic heterocycles. The van der Waals surface area contributed by atoms with Crippen LogP contribution < -0.4 is 0 Å². The molecule has 0 bridgehead atoms. The minimum atomic E-state index is -4.95. The van der Waals surface area contributed by atoms with Crippen molar-refractivity contribution >= 4 is 0 Å². The van der Waals surface area contributed by atoms with Crippen LogP contribution in [-0.4, -0.2) is 19.1 Å². The Morgan fingerprint density at radius 1 is 0.672 bits per heavy atom. The average molecular weight is 899 g/mol. The summed E-state index contributed by atoms with van der Waals surface area (Å²) < 4.78 is 133. The summed E-state index contributed by atoms with van der Waals surface area (Å²) in [5.41, 5.74) is 18.4. The molecular formula is C52H55F9O3. The van der Waals surface area contributed by atoms with Gasteiger partial charge in [0.25, 0.3) is 0 Å². The van der Waals surface area contributed by atoms with E-state index in [9.17, 15) is 39.5 Å². The molecule has 0 saturated heterocycles. The van der Waals surface area contributed by atoms with E-state index in [2.05, 4.69) is 80.4 Å². The zero-order valence-electron chi connectivity index (χ0n) is 37.2. The van der Waals surface area contributed by atoms with Crippen LogP contribution in [-0.2, 0) is 14.2 Å². The lowest BCUT2D eigenvalue weighted by atomic mass is 9.40. The van der Waals surface area contributed by atoms with Crippen molar-refractivity contribution in [1.82, 2.24) is 0 Å². The van der Waals surface area contributed by atoms with Crippen molar-refractivity contribution in [3.8, 4) is 0 Å². The molecule has 12 heteroatoms. The summed E-state index contributed by atoms with van der Waals surface area (Å²) in [7, 11) is 0. The van der Waals surface area contributed by atoms with Gasteiger partial charge in [0.2, 0.25) is 0 Å². The lowest BCUT2D eigenvalue weighted by molar-refractivity contribution is -0.306. The Morgan fingerprint density at radius 3 is 1.83 bits per heavy atom. The van der Waals surface area contributed by atoms with Crippen LogP contribution in [0.4, 0.5) is 39.5 Å². The number of hydrogen-bond donors (Lipinski definition) is 0. The molecule has 8 aliphatic carbocycles. The Bertz CT molecular complexity index is 2390. The van der Waals surface area contributed by atoms with Gasteiger partial charge in [0.15, 0.2) is 5.76 Å². The van der Waals surface area contributed by atoms with E-state index in [1.807, 2.05) is 6.92 Å². The normalized spacial score (nSPS) is 32.9. The fourth-order valence-electron chi connectivity index (χ4n) is 13.5. The number of allylic oxidation sites excluding steroid dienone is 18. The lowest BCUT2D eigenvalue weighted by Gasteiger charge is -2.63. The van der Waals surface area contributed by atoms with E-state index >= 15 is 0 Å². The monoisotopic (exact) mass is 898 g/mol. The second kappa shape index (κ2) is 16.4. The summed E-state index contributed by atoms with van der Waals surface area (Å²) in [6.45, 7) is 23.7. The van der Waals surface area contributed by atoms with Gasteiger partial charge in [-0.1, -0.05) is 130 Å². The molecule has 0 aliphatic heterocycles. The first-order chi connectivity index (χ1) is 29.9. The van der Waals surface area contributed by atoms with Crippen molar-refractivity contribution in [2.45, 2.75) is 106 Å². The Labute approximate surface area is 369 Å². The molecule has 0 aromatic rings. The van der Waals surface area contributed by atoms with Crippen molar-refractivity contribution in [2.75, 3.05) is 0 Å². The summed E-state index contributed by atoms with van der Waals surface area (Å²) in [5, 5.41) is 0. The highest BCUT2D eigenvalue weighted by Gasteiger charge is 2.61. The van der Waals surface area contributed by atoms with Crippen molar-refractivity contribution in [2.24, 2.45) is 71.0 Å². The van der Waals surface area contributed by atoms with Crippen molar-refractivity contribution in [1.29, 1.82) is 0 Å². The molecule has 8 aliphatic rings. The van der Waals surface area contributed by atoms with Gasteiger partial charge in [0.1, 0.15) is 11.5 Å². The highest BCUT2D eigenvalue weighted by Crippen LogP contribution is 2.71. The molecular weight excluding hydrogens is 844 g/mol. The Balaban J connectivity index is 1.43. The Morgan fingerprint density at radius 2 is 1.28 bits per heavy atom. The first-order valence-electron chi connectivity index (χ1n) is 22.5. The maximum Gasteiger partial charge on any atom is 0.573 e. The smallest absolute Gasteiger partial charge is 0.410 e. The quantitative estimate of drug-likeness (QED) is 0.0719. The van der Waals surface area contributed by atoms with Gasteiger partial charge in [-0.25, -0.2) is 0 Å². The maximum absolute atomic E-state index is 13.5. The van der Waals surface area contributed by atoms with Gasteiger partial charge < -0.3 is 14.2 Å². The standard InChI is InChI=1S/C52H55F9O3/c1-24(2)39-31(9)40-26(4)11-21-37-38-23-22-36(32-13-17-34(18-14-32)63-51(56,57)58)45-44(33-15-19-35(20-16-33)64-52(59,60)61)41(28(6)25(3)10-12-27(5)62-50(53,54)55)43-30(8)29(7)42(39)48(46(37)40)49(43)47(38)45/h10,12-13,15,17,19,24,26,28-31,36-38,44,48-49H,3,5,11,16,20-23H2,1-2,4,6-9H3/b12-10-. The Kier molecular flexibility index (Phi) is 11.8. The van der Waals surface area contributed by atoms with Gasteiger partial charge >= 0.3 is 19.1 Å². The minimum absolute atomic E-state index is 0.00481. The van der Waals surface area contributed by atoms with E-state index in [0.717, 1.165) is 42.1 Å². The molecule has 3 nitrogen and oxygen atoms in total. The third-order valence-corrected chi connectivity index (χ3v) is 15.6. The molecule has 2 fully saturated rings. The van der Waals surface area contributed by atoms with Crippen LogP contribution in [0, 0.1) is 71.0 Å². The van der Waals surface area contributed by atoms with Gasteiger partial charge in [-0.2, -0.15) is 0 Å². The number of halogens is 9. The first-order valence-corrected chi connectivity index (χ1v) is 22.5. The molecule has 0 amide bonds. The molecule has 0 radical (unpaired) electrons. The number of alkyl halides is 9. The highest BCUT2D eigenvalue weighted by molar-refractivity contribution is 5.63. The van der Waals surface area contributed by atoms with E-state index in [1.165, 1.54) is 40.5 Å². The van der Waals surface area contributed by atoms with E-state index in [1.54, 1.807) is 23.3 Å². The van der Waals surface area contributed by atoms with E-state index in [0.29, 0.717) is 23.5 Å². The van der Waals surface area contributed by atoms with Crippen LogP contribution in [0.2, 0.25) is 0 Å². The molecule has 0 N–H and O–H groups in total. The molecule has 0 heterocycles. The number of rotatable bonds is 10. The first kappa shape index (κ1) is 46.0. The molecule has 64 heavy (non-hydrogen) atoms. The second-order valence-corrected chi connectivity index (χ2v) is 19.3. The lowest BCUT2D eigenvalue weighted by Crippen LogP contribution is -2.53. The molecule has 0 aromatic carbocycles. The largest absolute Gasteiger partial charge is 0.573 e. The average Bonchev–Trinajstić information content (AvgIpc) is 3.19. The fourth-order valence-corrected chi connectivity index (χ4v) is 13.5. The third-order valence-electron chi connectivity index (χ3n) is 15.6. The maximum atomic E-state index is 13.5. The zero-order chi connectivity index (χ0) is 46.5. The van der Waals surface area contributed by atoms with Crippen LogP contribution in [0.5, 0.6) is 0 Å². The molecule has 344 valence electrons. The Hall–Kier alpha value is -4.53. The molecule has 8 rings (SSSR count). The third kappa shape index (κ3) is 8.20. The SMILES string of the molecule is C=C(/C=C\C(=C)C(C)C1=C2C(C)C(C)C3=C(C(C)C)C(C)C4=C5C(CCC4C)C4CCC(C6=C=C=C(OC(F)(F)F)C=C6)C(=C4C2C35)C1C1=CC=C(OC(F)(F)F)CC1)OC(F)(F)F. The van der Waals surface area contributed by atoms with Gasteiger partial charge in [-0.3, -0.25) is 0 Å². The predicted octanol–water partition coefficient (Wildman–Crippen LogP) is 15.3. The molecule has 11 unspecified atom stereocenters. The van der Waals surface area contributed by atoms with Gasteiger partial charge in [0.05, 0.1) is 0 Å². The second-order valence-electron chi connectivity index (χ2n) is 19.3. The highest BCUT2D eigenvalue weighted by atomic mass is 19.4. The molecule has 0 spiro atoms. The number of hydrogen-bond acceptors (Lipinski definition) is 3. The molecule has 2 saturated carbocycles. The molecule has 11 atom stereocenters. The number of fused-ring (bicyclic) bond motifs is 1. The topological polar surface area (TPSA) is 27.7 Å². The summed E-state index contributed by atoms with van der Waals surface area (Å²) in [5.74, 6) is -1.19. The number of ether oxygens (including phenoxy) is 3. The van der Waals surface area contributed by atoms with Crippen LogP contribution >= 0.6 is 0 Å². The summed E-state index contributed by atoms with van der Waals surface area (Å²) in [6, 6.07) is 0. The van der Waals surface area contributed by atoms with E-state index < -0.39 is 42.4 Å². The zero-order valence-corrected chi connectivity index (χ0v) is 37.2. The van der Waals surface area contributed by atoms with Crippen LogP contribution in [0.3, 0.4) is 0 Å². The van der Waals surface area contributed by atoms with Gasteiger partial charge in [-0.05, 0) is 109 Å². The van der Waals surface area contributed by atoms with Crippen molar-refractivity contribution in [3.05, 3.63) is 140 Å². The van der Waals surface area contributed by atoms with Crippen LogP contribution in [0.15, 0.2) is 140 Å². The van der Waals surface area contributed by atoms with Crippen LogP contribution in [0.1, 0.15) is 87.0 Å². The van der Waals surface area contributed by atoms with Gasteiger partial charge in [0, 0.05) is 41.6 Å². The summed E-state index contributed by atoms with van der Waals surface area (Å²) >= 11 is 0. The predicted molar refractivity (Wildman–Crippen MR) is 226 cm³/mol. The minimum Gasteiger partial charge on any atom is -0.410 e. The van der Waals surface area contributed by atoms with Crippen molar-refractivity contribution in [3.63, 3.8) is 0 Å².